The average Bonchev–Trinajstić information content (AvgIpc) is 3.33. The smallest absolute Gasteiger partial charge is 0.416 e. The molecular weight excluding hydrogens is 517 g/mol. The number of nitrogens with zero attached hydrogens (tertiary/aromatic N) is 3. The highest BCUT2D eigenvalue weighted by Gasteiger charge is 2.34. The maximum absolute atomic E-state index is 13.5. The van der Waals surface area contributed by atoms with Gasteiger partial charge in [-0.25, -0.2) is 4.79 Å². The Morgan fingerprint density at radius 3 is 2.69 bits per heavy atom. The van der Waals surface area contributed by atoms with Gasteiger partial charge in [0.1, 0.15) is 0 Å². The summed E-state index contributed by atoms with van der Waals surface area (Å²) in [5.41, 5.74) is 5.41. The van der Waals surface area contributed by atoms with Gasteiger partial charge in [-0.2, -0.15) is 13.2 Å². The fourth-order valence-corrected chi connectivity index (χ4v) is 4.49. The van der Waals surface area contributed by atoms with Crippen molar-refractivity contribution in [2.45, 2.75) is 51.2 Å². The first-order valence-electron chi connectivity index (χ1n) is 12.2. The zero-order valence-corrected chi connectivity index (χ0v) is 21.0. The summed E-state index contributed by atoms with van der Waals surface area (Å²) in [6, 6.07) is 8.71. The van der Waals surface area contributed by atoms with Crippen molar-refractivity contribution in [1.82, 2.24) is 5.27 Å². The number of anilines is 2. The number of carbonyl (C=O) groups is 2. The summed E-state index contributed by atoms with van der Waals surface area (Å²) in [4.78, 5) is 27.9. The summed E-state index contributed by atoms with van der Waals surface area (Å²) >= 11 is 0. The molecule has 4 rings (SSSR count). The minimum Gasteiger partial charge on any atom is -0.861 e. The van der Waals surface area contributed by atoms with Gasteiger partial charge in [-0.3, -0.25) is 19.6 Å². The van der Waals surface area contributed by atoms with Gasteiger partial charge < -0.3 is 16.2 Å². The van der Waals surface area contributed by atoms with Gasteiger partial charge >= 0.3 is 18.1 Å². The number of hydrogen-bond acceptors (Lipinski definition) is 6. The molecule has 0 aliphatic heterocycles. The van der Waals surface area contributed by atoms with E-state index >= 15 is 0 Å². The van der Waals surface area contributed by atoms with Crippen molar-refractivity contribution < 1.29 is 37.1 Å². The van der Waals surface area contributed by atoms with Gasteiger partial charge in [0.05, 0.1) is 11.3 Å². The zero-order chi connectivity index (χ0) is 28.2. The topological polar surface area (TPSA) is 150 Å². The van der Waals surface area contributed by atoms with Crippen molar-refractivity contribution in [1.29, 1.82) is 0 Å². The van der Waals surface area contributed by atoms with Gasteiger partial charge in [-0.05, 0) is 59.7 Å². The summed E-state index contributed by atoms with van der Waals surface area (Å²) in [5, 5.41) is 21.0. The SMILES string of the molecule is Cc1ccccc1CC([O-])=Nc1cc(NC(=O)Nc2c[n+]([C@H]3CCC[C@@H](C(N)=O)C3)no2)cc(C(F)(F)F)c1. The van der Waals surface area contributed by atoms with Crippen molar-refractivity contribution >= 4 is 35.1 Å². The Hall–Kier alpha value is -4.42. The number of benzene rings is 2. The van der Waals surface area contributed by atoms with Crippen LogP contribution in [0.25, 0.3) is 0 Å². The number of alkyl halides is 3. The highest BCUT2D eigenvalue weighted by Crippen LogP contribution is 2.34. The van der Waals surface area contributed by atoms with Crippen molar-refractivity contribution in [3.63, 3.8) is 0 Å². The van der Waals surface area contributed by atoms with Crippen LogP contribution < -0.4 is 26.2 Å². The van der Waals surface area contributed by atoms with Crippen LogP contribution in [0.3, 0.4) is 0 Å². The number of aliphatic imine (C=N–C) groups is 1. The standard InChI is InChI=1S/C26H27F3N6O4/c1-15-5-2-3-6-16(15)10-22(36)31-19-11-18(26(27,28)29)12-20(13-19)32-25(38)33-23-14-35(34-39-23)21-8-4-7-17(9-21)24(30)37/h2-3,5-6,11-14,17,21H,4,7-10H2,1H3,(H4-,30,31,32,33,34,36,37,38)/t17-,21+/m1/s1. The molecule has 1 aliphatic rings. The Morgan fingerprint density at radius 2 is 1.97 bits per heavy atom. The Bertz CT molecular complexity index is 1390. The molecule has 0 unspecified atom stereocenters. The lowest BCUT2D eigenvalue weighted by molar-refractivity contribution is -0.787. The van der Waals surface area contributed by atoms with Crippen LogP contribution in [0.1, 0.15) is 48.4 Å². The van der Waals surface area contributed by atoms with E-state index in [1.165, 1.54) is 10.9 Å². The molecule has 1 heterocycles. The van der Waals surface area contributed by atoms with Crippen molar-refractivity contribution in [3.8, 4) is 0 Å². The molecule has 1 fully saturated rings. The monoisotopic (exact) mass is 544 g/mol. The number of primary amides is 1. The molecule has 39 heavy (non-hydrogen) atoms. The van der Waals surface area contributed by atoms with Crippen LogP contribution in [0.15, 0.2) is 58.2 Å². The van der Waals surface area contributed by atoms with E-state index in [1.807, 2.05) is 19.1 Å². The predicted octanol–water partition coefficient (Wildman–Crippen LogP) is 3.78. The molecule has 206 valence electrons. The van der Waals surface area contributed by atoms with Crippen molar-refractivity contribution in [3.05, 3.63) is 65.4 Å². The van der Waals surface area contributed by atoms with Crippen LogP contribution in [-0.2, 0) is 17.4 Å². The molecule has 0 bridgehead atoms. The second-order valence-corrected chi connectivity index (χ2v) is 9.42. The third kappa shape index (κ3) is 7.33. The minimum absolute atomic E-state index is 0.0565. The number of carbonyl (C=O) groups excluding carboxylic acids is 2. The van der Waals surface area contributed by atoms with Crippen molar-refractivity contribution in [2.24, 2.45) is 16.6 Å². The number of nitrogens with one attached hydrogen (secondary N) is 2. The van der Waals surface area contributed by atoms with E-state index < -0.39 is 23.7 Å². The Balaban J connectivity index is 1.47. The van der Waals surface area contributed by atoms with E-state index in [0.717, 1.165) is 36.6 Å². The van der Waals surface area contributed by atoms with Crippen LogP contribution in [0.2, 0.25) is 0 Å². The van der Waals surface area contributed by atoms with E-state index in [0.29, 0.717) is 18.4 Å². The number of aryl methyl sites for hydroxylation is 1. The zero-order valence-electron chi connectivity index (χ0n) is 21.0. The molecule has 3 aromatic rings. The van der Waals surface area contributed by atoms with Gasteiger partial charge in [0, 0.05) is 30.9 Å². The van der Waals surface area contributed by atoms with Gasteiger partial charge in [-0.1, -0.05) is 24.3 Å². The van der Waals surface area contributed by atoms with Gasteiger partial charge in [-0.15, -0.1) is 0 Å². The van der Waals surface area contributed by atoms with Crippen LogP contribution >= 0.6 is 0 Å². The van der Waals surface area contributed by atoms with E-state index in [9.17, 15) is 27.9 Å². The first-order valence-corrected chi connectivity index (χ1v) is 12.2. The summed E-state index contributed by atoms with van der Waals surface area (Å²) in [7, 11) is 0. The second-order valence-electron chi connectivity index (χ2n) is 9.42. The van der Waals surface area contributed by atoms with Crippen molar-refractivity contribution in [2.75, 3.05) is 10.6 Å². The molecule has 2 atom stereocenters. The number of nitrogens with two attached hydrogens (primary N) is 1. The molecule has 3 amide bonds. The molecule has 1 aliphatic carbocycles. The van der Waals surface area contributed by atoms with Crippen LogP contribution in [0, 0.1) is 12.8 Å². The molecule has 1 saturated carbocycles. The summed E-state index contributed by atoms with van der Waals surface area (Å²) in [6.45, 7) is 1.82. The number of urea groups is 1. The molecule has 0 saturated heterocycles. The Kier molecular flexibility index (Phi) is 8.17. The van der Waals surface area contributed by atoms with Gasteiger partial charge in [0.25, 0.3) is 6.20 Å². The highest BCUT2D eigenvalue weighted by atomic mass is 19.4. The number of halogens is 3. The average molecular weight is 545 g/mol. The minimum atomic E-state index is -4.74. The maximum Gasteiger partial charge on any atom is 0.416 e. The lowest BCUT2D eigenvalue weighted by atomic mass is 9.85. The van der Waals surface area contributed by atoms with Gasteiger partial charge in [0.2, 0.25) is 11.2 Å². The fraction of sp³-hybridized carbons (Fsp3) is 0.346. The molecule has 0 spiro atoms. The molecule has 0 radical (unpaired) electrons. The maximum atomic E-state index is 13.5. The molecule has 4 N–H and O–H groups in total. The predicted molar refractivity (Wildman–Crippen MR) is 133 cm³/mol. The quantitative estimate of drug-likeness (QED) is 0.235. The van der Waals surface area contributed by atoms with E-state index in [2.05, 4.69) is 20.9 Å². The number of aromatic nitrogens is 2. The Morgan fingerprint density at radius 1 is 1.21 bits per heavy atom. The first-order chi connectivity index (χ1) is 18.5. The van der Waals surface area contributed by atoms with Crippen LogP contribution in [0.4, 0.5) is 35.2 Å². The van der Waals surface area contributed by atoms with Gasteiger partial charge in [0.15, 0.2) is 6.04 Å². The summed E-state index contributed by atoms with van der Waals surface area (Å²) in [5.74, 6) is -1.35. The molecular formula is C26H27F3N6O4. The molecule has 13 heteroatoms. The van der Waals surface area contributed by atoms with Crippen LogP contribution in [-0.4, -0.2) is 23.1 Å². The largest absolute Gasteiger partial charge is 0.861 e. The normalized spacial score (nSPS) is 18.0. The van der Waals surface area contributed by atoms with E-state index in [4.69, 9.17) is 10.3 Å². The second kappa shape index (κ2) is 11.5. The number of amides is 3. The summed E-state index contributed by atoms with van der Waals surface area (Å²) in [6.07, 6.45) is -0.707. The molecule has 10 nitrogen and oxygen atoms in total. The lowest BCUT2D eigenvalue weighted by Crippen LogP contribution is -2.44. The summed E-state index contributed by atoms with van der Waals surface area (Å²) < 4.78 is 47.2. The Labute approximate surface area is 221 Å². The van der Waals surface area contributed by atoms with E-state index in [-0.39, 0.29) is 41.5 Å². The number of hydrogen-bond donors (Lipinski definition) is 3. The molecule has 2 aromatic carbocycles. The first kappa shape index (κ1) is 27.6. The number of rotatable bonds is 7. The highest BCUT2D eigenvalue weighted by molar-refractivity contribution is 5.99. The van der Waals surface area contributed by atoms with Crippen LogP contribution in [0.5, 0.6) is 0 Å². The molecule has 1 aromatic heterocycles. The third-order valence-corrected chi connectivity index (χ3v) is 6.50. The third-order valence-electron chi connectivity index (χ3n) is 6.50. The van der Waals surface area contributed by atoms with E-state index in [1.54, 1.807) is 12.1 Å². The fourth-order valence-electron chi connectivity index (χ4n) is 4.49. The lowest BCUT2D eigenvalue weighted by Gasteiger charge is -2.20.